The zero-order valence-electron chi connectivity index (χ0n) is 17.1. The number of carbonyl (C=O) groups excluding carboxylic acids is 2. The van der Waals surface area contributed by atoms with E-state index in [1.807, 2.05) is 0 Å². The lowest BCUT2D eigenvalue weighted by atomic mass is 10.2. The molecular weight excluding hydrogens is 406 g/mol. The maximum absolute atomic E-state index is 12.3. The van der Waals surface area contributed by atoms with Gasteiger partial charge in [-0.25, -0.2) is 13.1 Å². The lowest BCUT2D eigenvalue weighted by Crippen LogP contribution is -2.32. The molecule has 1 aromatic carbocycles. The molecule has 0 radical (unpaired) electrons. The minimum Gasteiger partial charge on any atom is -0.356 e. The van der Waals surface area contributed by atoms with E-state index in [1.165, 1.54) is 37.6 Å². The minimum absolute atomic E-state index is 0.0110. The van der Waals surface area contributed by atoms with Gasteiger partial charge < -0.3 is 9.88 Å². The molecule has 2 N–H and O–H groups in total. The Bertz CT molecular complexity index is 999. The van der Waals surface area contributed by atoms with Crippen molar-refractivity contribution in [2.75, 3.05) is 13.1 Å². The molecule has 10 heteroatoms. The highest BCUT2D eigenvalue weighted by Crippen LogP contribution is 2.14. The van der Waals surface area contributed by atoms with E-state index < -0.39 is 10.0 Å². The molecule has 0 unspecified atom stereocenters. The number of rotatable bonds is 9. The monoisotopic (exact) mass is 433 g/mol. The van der Waals surface area contributed by atoms with E-state index in [1.54, 1.807) is 0 Å². The summed E-state index contributed by atoms with van der Waals surface area (Å²) in [5, 5.41) is 11.3. The first-order valence-corrected chi connectivity index (χ1v) is 11.6. The molecule has 1 aromatic heterocycles. The van der Waals surface area contributed by atoms with Crippen molar-refractivity contribution in [2.24, 2.45) is 0 Å². The molecule has 162 valence electrons. The lowest BCUT2D eigenvalue weighted by Gasteiger charge is -2.09. The number of sulfonamides is 1. The normalized spacial score (nSPS) is 14.0. The van der Waals surface area contributed by atoms with Crippen molar-refractivity contribution >= 4 is 21.7 Å². The van der Waals surface area contributed by atoms with E-state index in [2.05, 4.69) is 24.8 Å². The number of Topliss-reactive ketones (excluding diaryl/α,β-unsaturated/α-hetero) is 1. The highest BCUT2D eigenvalue weighted by molar-refractivity contribution is 7.89. The van der Waals surface area contributed by atoms with Gasteiger partial charge in [0.2, 0.25) is 15.9 Å². The molecule has 0 saturated carbocycles. The third-order valence-corrected chi connectivity index (χ3v) is 6.55. The smallest absolute Gasteiger partial charge is 0.240 e. The Balaban J connectivity index is 1.41. The molecule has 1 aliphatic rings. The van der Waals surface area contributed by atoms with Crippen LogP contribution in [0.1, 0.15) is 54.6 Å². The molecule has 1 amide bonds. The van der Waals surface area contributed by atoms with Crippen LogP contribution in [0.2, 0.25) is 0 Å². The van der Waals surface area contributed by atoms with Crippen molar-refractivity contribution in [1.82, 2.24) is 24.8 Å². The van der Waals surface area contributed by atoms with Crippen molar-refractivity contribution in [1.29, 1.82) is 0 Å². The van der Waals surface area contributed by atoms with Gasteiger partial charge in [-0.3, -0.25) is 9.59 Å². The number of amides is 1. The number of aryl methyl sites for hydroxylation is 1. The number of hydrogen-bond acceptors (Lipinski definition) is 6. The van der Waals surface area contributed by atoms with Gasteiger partial charge in [0, 0.05) is 44.5 Å². The molecule has 30 heavy (non-hydrogen) atoms. The van der Waals surface area contributed by atoms with Crippen molar-refractivity contribution < 1.29 is 18.0 Å². The van der Waals surface area contributed by atoms with Crippen molar-refractivity contribution in [3.8, 4) is 0 Å². The van der Waals surface area contributed by atoms with Gasteiger partial charge in [0.05, 0.1) is 4.90 Å². The molecule has 0 spiro atoms. The van der Waals surface area contributed by atoms with E-state index in [0.717, 1.165) is 37.5 Å². The van der Waals surface area contributed by atoms with Gasteiger partial charge in [-0.1, -0.05) is 18.6 Å². The van der Waals surface area contributed by atoms with Crippen LogP contribution >= 0.6 is 0 Å². The Morgan fingerprint density at radius 3 is 2.57 bits per heavy atom. The first-order chi connectivity index (χ1) is 14.4. The molecule has 9 nitrogen and oxygen atoms in total. The molecule has 0 fully saturated rings. The van der Waals surface area contributed by atoms with Gasteiger partial charge in [0.25, 0.3) is 0 Å². The van der Waals surface area contributed by atoms with E-state index in [0.29, 0.717) is 18.5 Å². The SMILES string of the molecule is CC(=O)c1ccc(S(=O)(=O)NCCC(=O)NCCc2nnc3n2CCCCC3)cc1. The summed E-state index contributed by atoms with van der Waals surface area (Å²) in [7, 11) is -3.73. The molecule has 1 aliphatic heterocycles. The number of ketones is 1. The van der Waals surface area contributed by atoms with Crippen LogP contribution in [0.4, 0.5) is 0 Å². The van der Waals surface area contributed by atoms with Crippen LogP contribution < -0.4 is 10.0 Å². The first-order valence-electron chi connectivity index (χ1n) is 10.1. The first kappa shape index (κ1) is 22.1. The third kappa shape index (κ3) is 5.73. The standard InChI is InChI=1S/C20H27N5O4S/c1-15(26)16-6-8-17(9-7-16)30(28,29)22-13-11-20(27)21-12-10-19-24-23-18-5-3-2-4-14-25(18)19/h6-9,22H,2-5,10-14H2,1H3,(H,21,27). The summed E-state index contributed by atoms with van der Waals surface area (Å²) in [6.45, 7) is 2.75. The molecule has 0 saturated heterocycles. The number of nitrogens with zero attached hydrogens (tertiary/aromatic N) is 3. The van der Waals surface area contributed by atoms with Gasteiger partial charge in [-0.2, -0.15) is 0 Å². The number of aromatic nitrogens is 3. The molecule has 0 atom stereocenters. The van der Waals surface area contributed by atoms with Crippen LogP contribution in [0.3, 0.4) is 0 Å². The van der Waals surface area contributed by atoms with E-state index >= 15 is 0 Å². The quantitative estimate of drug-likeness (QED) is 0.574. The highest BCUT2D eigenvalue weighted by Gasteiger charge is 2.16. The van der Waals surface area contributed by atoms with Crippen molar-refractivity contribution in [2.45, 2.75) is 56.9 Å². The van der Waals surface area contributed by atoms with Crippen molar-refractivity contribution in [3.63, 3.8) is 0 Å². The topological polar surface area (TPSA) is 123 Å². The summed E-state index contributed by atoms with van der Waals surface area (Å²) in [5.74, 6) is 1.52. The Morgan fingerprint density at radius 2 is 1.83 bits per heavy atom. The fraction of sp³-hybridized carbons (Fsp3) is 0.500. The molecule has 2 heterocycles. The maximum Gasteiger partial charge on any atom is 0.240 e. The Hall–Kier alpha value is -2.59. The summed E-state index contributed by atoms with van der Waals surface area (Å²) < 4.78 is 29.1. The van der Waals surface area contributed by atoms with Gasteiger partial charge in [0.15, 0.2) is 5.78 Å². The Labute approximate surface area is 176 Å². The minimum atomic E-state index is -3.73. The number of hydrogen-bond donors (Lipinski definition) is 2. The zero-order valence-corrected chi connectivity index (χ0v) is 17.9. The van der Waals surface area contributed by atoms with Crippen molar-refractivity contribution in [3.05, 3.63) is 41.5 Å². The summed E-state index contributed by atoms with van der Waals surface area (Å²) in [5.41, 5.74) is 0.442. The lowest BCUT2D eigenvalue weighted by molar-refractivity contribution is -0.120. The number of fused-ring (bicyclic) bond motifs is 1. The van der Waals surface area contributed by atoms with Gasteiger partial charge in [-0.15, -0.1) is 10.2 Å². The van der Waals surface area contributed by atoms with Gasteiger partial charge in [0.1, 0.15) is 11.6 Å². The highest BCUT2D eigenvalue weighted by atomic mass is 32.2. The zero-order chi connectivity index (χ0) is 21.6. The predicted molar refractivity (Wildman–Crippen MR) is 111 cm³/mol. The summed E-state index contributed by atoms with van der Waals surface area (Å²) in [4.78, 5) is 23.4. The molecule has 0 aliphatic carbocycles. The van der Waals surface area contributed by atoms with Crippen LogP contribution in [0.15, 0.2) is 29.2 Å². The maximum atomic E-state index is 12.3. The second kappa shape index (κ2) is 9.94. The second-order valence-corrected chi connectivity index (χ2v) is 9.09. The van der Waals surface area contributed by atoms with Crippen LogP contribution in [-0.4, -0.2) is 48.0 Å². The average molecular weight is 434 g/mol. The number of carbonyl (C=O) groups is 2. The van der Waals surface area contributed by atoms with Crippen LogP contribution in [0, 0.1) is 0 Å². The van der Waals surface area contributed by atoms with Gasteiger partial charge in [-0.05, 0) is 31.9 Å². The number of benzene rings is 1. The van der Waals surface area contributed by atoms with E-state index in [9.17, 15) is 18.0 Å². The Kier molecular flexibility index (Phi) is 7.33. The fourth-order valence-electron chi connectivity index (χ4n) is 3.38. The third-order valence-electron chi connectivity index (χ3n) is 5.07. The average Bonchev–Trinajstić information content (AvgIpc) is 2.94. The fourth-order valence-corrected chi connectivity index (χ4v) is 4.42. The molecule has 3 rings (SSSR count). The van der Waals surface area contributed by atoms with E-state index in [4.69, 9.17) is 0 Å². The molecule has 0 bridgehead atoms. The summed E-state index contributed by atoms with van der Waals surface area (Å²) in [6.07, 6.45) is 5.00. The second-order valence-electron chi connectivity index (χ2n) is 7.32. The van der Waals surface area contributed by atoms with Crippen LogP contribution in [0.25, 0.3) is 0 Å². The largest absolute Gasteiger partial charge is 0.356 e. The summed E-state index contributed by atoms with van der Waals surface area (Å²) in [6, 6.07) is 5.69. The van der Waals surface area contributed by atoms with E-state index in [-0.39, 0.29) is 29.6 Å². The Morgan fingerprint density at radius 1 is 1.07 bits per heavy atom. The van der Waals surface area contributed by atoms with Crippen LogP contribution in [0.5, 0.6) is 0 Å². The predicted octanol–water partition coefficient (Wildman–Crippen LogP) is 1.23. The summed E-state index contributed by atoms with van der Waals surface area (Å²) >= 11 is 0. The van der Waals surface area contributed by atoms with Gasteiger partial charge >= 0.3 is 0 Å². The van der Waals surface area contributed by atoms with Crippen LogP contribution in [-0.2, 0) is 34.2 Å². The molecule has 2 aromatic rings. The molecular formula is C20H27N5O4S. The number of nitrogens with one attached hydrogen (secondary N) is 2.